The average molecular weight is 447 g/mol. The summed E-state index contributed by atoms with van der Waals surface area (Å²) >= 11 is 0. The zero-order valence-corrected chi connectivity index (χ0v) is 15.9. The van der Waals surface area contributed by atoms with Gasteiger partial charge in [-0.1, -0.05) is 0 Å². The Kier molecular flexibility index (Phi) is 5.45. The zero-order chi connectivity index (χ0) is 22.3. The van der Waals surface area contributed by atoms with Gasteiger partial charge < -0.3 is 20.1 Å². The molecule has 1 saturated heterocycles. The summed E-state index contributed by atoms with van der Waals surface area (Å²) in [7, 11) is 0. The fourth-order valence-corrected chi connectivity index (χ4v) is 4.05. The maximum Gasteiger partial charge on any atom is 0.398 e. The highest BCUT2D eigenvalue weighted by Crippen LogP contribution is 2.47. The molecule has 0 unspecified atom stereocenters. The number of H-pyrrole nitrogens is 1. The minimum atomic E-state index is -4.82. The second kappa shape index (κ2) is 7.94. The van der Waals surface area contributed by atoms with Crippen molar-refractivity contribution in [3.63, 3.8) is 0 Å². The molecule has 0 aliphatic carbocycles. The van der Waals surface area contributed by atoms with Crippen molar-refractivity contribution in [2.24, 2.45) is 0 Å². The van der Waals surface area contributed by atoms with Crippen LogP contribution in [0.2, 0.25) is 0 Å². The van der Waals surface area contributed by atoms with E-state index in [-0.39, 0.29) is 28.7 Å². The first kappa shape index (κ1) is 21.3. The second-order valence-corrected chi connectivity index (χ2v) is 7.34. The van der Waals surface area contributed by atoms with Gasteiger partial charge in [0.2, 0.25) is 0 Å². The summed E-state index contributed by atoms with van der Waals surface area (Å²) in [5.74, 6) is -3.51. The van der Waals surface area contributed by atoms with Gasteiger partial charge in [0.05, 0.1) is 11.9 Å². The number of carbonyl (C=O) groups excluding carboxylic acids is 1. The van der Waals surface area contributed by atoms with Crippen LogP contribution in [0.5, 0.6) is 5.75 Å². The van der Waals surface area contributed by atoms with Gasteiger partial charge in [-0.2, -0.15) is 27.1 Å². The Bertz CT molecular complexity index is 941. The Labute approximate surface area is 172 Å². The molecule has 2 aromatic rings. The molecule has 0 aromatic carbocycles. The number of aliphatic hydroxyl groups is 1. The maximum absolute atomic E-state index is 13.6. The molecule has 8 nitrogen and oxygen atoms in total. The Hall–Kier alpha value is -2.96. The average Bonchev–Trinajstić information content (AvgIpc) is 3.11. The monoisotopic (exact) mass is 447 g/mol. The van der Waals surface area contributed by atoms with Gasteiger partial charge >= 0.3 is 12.8 Å². The van der Waals surface area contributed by atoms with Gasteiger partial charge in [0.15, 0.2) is 0 Å². The number of ether oxygens (including phenoxy) is 1. The van der Waals surface area contributed by atoms with Crippen molar-refractivity contribution in [1.82, 2.24) is 15.2 Å². The summed E-state index contributed by atoms with van der Waals surface area (Å²) in [5, 5.41) is 18.6. The number of carbonyl (C=O) groups is 1. The highest BCUT2D eigenvalue weighted by molar-refractivity contribution is 5.97. The Balaban J connectivity index is 1.50. The number of nitrogens with zero attached hydrogens (tertiary/aromatic N) is 3. The van der Waals surface area contributed by atoms with Gasteiger partial charge in [-0.3, -0.25) is 9.89 Å². The molecule has 168 valence electrons. The topological polar surface area (TPSA) is 103 Å². The van der Waals surface area contributed by atoms with Crippen LogP contribution in [-0.4, -0.2) is 58.2 Å². The molecule has 2 atom stereocenters. The van der Waals surface area contributed by atoms with E-state index < -0.39 is 30.7 Å². The number of aromatic amines is 1. The van der Waals surface area contributed by atoms with Crippen LogP contribution in [0.1, 0.15) is 35.9 Å². The van der Waals surface area contributed by atoms with Crippen LogP contribution in [0.15, 0.2) is 18.3 Å². The summed E-state index contributed by atoms with van der Waals surface area (Å²) in [6, 6.07) is 2.89. The fraction of sp³-hybridized carbons (Fsp3) is 0.500. The minimum absolute atomic E-state index is 0.0735. The van der Waals surface area contributed by atoms with Crippen LogP contribution in [0.25, 0.3) is 0 Å². The van der Waals surface area contributed by atoms with E-state index >= 15 is 0 Å². The van der Waals surface area contributed by atoms with Crippen molar-refractivity contribution in [1.29, 1.82) is 0 Å². The molecule has 1 amide bonds. The standard InChI is InChI=1S/C18H18F5N5O3/c19-17(20)31-9-1-2-10(24-7-9)28-5-3-8(4-6-28)13-11-12(18(21,22)23)14(29)16(30)25-15(11)27-26-13/h1-2,7-8,12,14,17,29H,3-6H2,(H2,25,26,27,30)/t12-,14-/m0/s1. The lowest BCUT2D eigenvalue weighted by Gasteiger charge is -2.34. The van der Waals surface area contributed by atoms with Gasteiger partial charge in [-0.15, -0.1) is 0 Å². The molecule has 2 aromatic heterocycles. The molecule has 0 saturated carbocycles. The number of aromatic nitrogens is 3. The van der Waals surface area contributed by atoms with E-state index in [9.17, 15) is 31.9 Å². The first-order valence-electron chi connectivity index (χ1n) is 9.44. The third kappa shape index (κ3) is 4.13. The fourth-order valence-electron chi connectivity index (χ4n) is 4.05. The number of fused-ring (bicyclic) bond motifs is 1. The van der Waals surface area contributed by atoms with Crippen molar-refractivity contribution in [3.8, 4) is 5.75 Å². The first-order valence-corrected chi connectivity index (χ1v) is 9.44. The van der Waals surface area contributed by atoms with Gasteiger partial charge in [-0.05, 0) is 25.0 Å². The quantitative estimate of drug-likeness (QED) is 0.623. The molecule has 31 heavy (non-hydrogen) atoms. The third-order valence-electron chi connectivity index (χ3n) is 5.48. The number of alkyl halides is 5. The van der Waals surface area contributed by atoms with E-state index in [1.165, 1.54) is 18.3 Å². The number of aliphatic hydroxyl groups excluding tert-OH is 1. The molecular weight excluding hydrogens is 429 g/mol. The lowest BCUT2D eigenvalue weighted by molar-refractivity contribution is -0.177. The molecular formula is C18H18F5N5O3. The summed E-state index contributed by atoms with van der Waals surface area (Å²) in [4.78, 5) is 17.7. The van der Waals surface area contributed by atoms with Crippen LogP contribution in [-0.2, 0) is 4.79 Å². The minimum Gasteiger partial charge on any atom is -0.433 e. The SMILES string of the molecule is O=C1Nc2[nH]nc(C3CCN(c4ccc(OC(F)F)cn4)CC3)c2[C@H](C(F)(F)F)[C@@H]1O. The second-order valence-electron chi connectivity index (χ2n) is 7.34. The Morgan fingerprint density at radius 1 is 1.23 bits per heavy atom. The predicted octanol–water partition coefficient (Wildman–Crippen LogP) is 2.75. The molecule has 0 spiro atoms. The Morgan fingerprint density at radius 2 is 1.94 bits per heavy atom. The van der Waals surface area contributed by atoms with Gasteiger partial charge in [0.25, 0.3) is 5.91 Å². The lowest BCUT2D eigenvalue weighted by atomic mass is 9.83. The summed E-state index contributed by atoms with van der Waals surface area (Å²) in [6.45, 7) is -2.06. The number of hydrogen-bond acceptors (Lipinski definition) is 6. The Morgan fingerprint density at radius 3 is 2.52 bits per heavy atom. The zero-order valence-electron chi connectivity index (χ0n) is 15.9. The van der Waals surface area contributed by atoms with Crippen LogP contribution in [0.4, 0.5) is 33.6 Å². The van der Waals surface area contributed by atoms with Gasteiger partial charge in [0.1, 0.15) is 29.4 Å². The number of rotatable bonds is 4. The molecule has 4 rings (SSSR count). The molecule has 4 heterocycles. The third-order valence-corrected chi connectivity index (χ3v) is 5.48. The number of nitrogens with one attached hydrogen (secondary N) is 2. The molecule has 0 bridgehead atoms. The summed E-state index contributed by atoms with van der Waals surface area (Å²) in [5.41, 5.74) is -0.0608. The number of amides is 1. The molecule has 0 radical (unpaired) electrons. The van der Waals surface area contributed by atoms with E-state index in [4.69, 9.17) is 0 Å². The number of hydrogen-bond donors (Lipinski definition) is 3. The van der Waals surface area contributed by atoms with Crippen molar-refractivity contribution < 1.29 is 36.6 Å². The number of pyridine rings is 1. The van der Waals surface area contributed by atoms with Gasteiger partial charge in [-0.25, -0.2) is 4.98 Å². The molecule has 13 heteroatoms. The van der Waals surface area contributed by atoms with Gasteiger partial charge in [0, 0.05) is 24.6 Å². The van der Waals surface area contributed by atoms with Crippen molar-refractivity contribution in [3.05, 3.63) is 29.6 Å². The van der Waals surface area contributed by atoms with E-state index in [1.54, 1.807) is 0 Å². The highest BCUT2D eigenvalue weighted by atomic mass is 19.4. The van der Waals surface area contributed by atoms with E-state index in [0.29, 0.717) is 31.7 Å². The van der Waals surface area contributed by atoms with Crippen molar-refractivity contribution >= 4 is 17.5 Å². The van der Waals surface area contributed by atoms with E-state index in [0.717, 1.165) is 0 Å². The summed E-state index contributed by atoms with van der Waals surface area (Å²) in [6.07, 6.45) is -5.00. The van der Waals surface area contributed by atoms with Crippen LogP contribution < -0.4 is 15.0 Å². The smallest absolute Gasteiger partial charge is 0.398 e. The molecule has 2 aliphatic heterocycles. The van der Waals surface area contributed by atoms with Crippen LogP contribution in [0, 0.1) is 0 Å². The predicted molar refractivity (Wildman–Crippen MR) is 97.1 cm³/mol. The summed E-state index contributed by atoms with van der Waals surface area (Å²) < 4.78 is 69.6. The van der Waals surface area contributed by atoms with Crippen LogP contribution in [0.3, 0.4) is 0 Å². The van der Waals surface area contributed by atoms with Crippen molar-refractivity contribution in [2.45, 2.75) is 43.6 Å². The first-order chi connectivity index (χ1) is 14.6. The van der Waals surface area contributed by atoms with E-state index in [1.807, 2.05) is 4.90 Å². The molecule has 3 N–H and O–H groups in total. The number of piperidine rings is 1. The lowest BCUT2D eigenvalue weighted by Crippen LogP contribution is -2.44. The normalized spacial score (nSPS) is 22.4. The maximum atomic E-state index is 13.6. The van der Waals surface area contributed by atoms with Crippen molar-refractivity contribution in [2.75, 3.05) is 23.3 Å². The molecule has 2 aliphatic rings. The van der Waals surface area contributed by atoms with Crippen LogP contribution >= 0.6 is 0 Å². The number of anilines is 2. The highest BCUT2D eigenvalue weighted by Gasteiger charge is 2.53. The largest absolute Gasteiger partial charge is 0.433 e. The van der Waals surface area contributed by atoms with E-state index in [2.05, 4.69) is 25.2 Å². The number of halogens is 5. The molecule has 1 fully saturated rings.